The summed E-state index contributed by atoms with van der Waals surface area (Å²) in [7, 11) is 1.87. The summed E-state index contributed by atoms with van der Waals surface area (Å²) in [4.78, 5) is 55.0. The van der Waals surface area contributed by atoms with Gasteiger partial charge in [0.05, 0.1) is 31.0 Å². The Morgan fingerprint density at radius 1 is 0.573 bits per heavy atom. The normalized spacial score (nSPS) is 11.8. The Morgan fingerprint density at radius 2 is 0.973 bits per heavy atom. The van der Waals surface area contributed by atoms with Crippen molar-refractivity contribution < 1.29 is 14.4 Å². The molecule has 0 unspecified atom stereocenters. The first-order valence-electron chi connectivity index (χ1n) is 23.7. The topological polar surface area (TPSA) is 168 Å². The van der Waals surface area contributed by atoms with Crippen LogP contribution in [-0.4, -0.2) is 49.0 Å². The highest BCUT2D eigenvalue weighted by Gasteiger charge is 2.28. The van der Waals surface area contributed by atoms with E-state index in [9.17, 15) is 14.4 Å². The molecule has 0 saturated heterocycles. The van der Waals surface area contributed by atoms with Gasteiger partial charge in [-0.05, 0) is 121 Å². The number of aryl methyl sites for hydroxylation is 2. The summed E-state index contributed by atoms with van der Waals surface area (Å²) < 4.78 is 1.76. The number of ketones is 2. The number of benzene rings is 4. The van der Waals surface area contributed by atoms with Crippen LogP contribution < -0.4 is 21.3 Å². The lowest BCUT2D eigenvalue weighted by Crippen LogP contribution is -2.33. The molecule has 0 atom stereocenters. The van der Waals surface area contributed by atoms with Crippen LogP contribution in [0.5, 0.6) is 0 Å². The van der Waals surface area contributed by atoms with Crippen LogP contribution in [0.2, 0.25) is 30.4 Å². The molecule has 394 valence electrons. The number of aliphatic imine (C=N–C) groups is 2. The van der Waals surface area contributed by atoms with E-state index in [0.29, 0.717) is 56.5 Å². The second kappa shape index (κ2) is 27.1. The maximum atomic E-state index is 12.7. The average molecular weight is 1130 g/mol. The highest BCUT2D eigenvalue weighted by atomic mass is 35.5. The van der Waals surface area contributed by atoms with Crippen molar-refractivity contribution in [1.29, 1.82) is 0 Å². The highest BCUT2D eigenvalue weighted by molar-refractivity contribution is 6.45. The minimum atomic E-state index is -0.530. The Morgan fingerprint density at radius 3 is 1.36 bits per heavy atom. The summed E-state index contributed by atoms with van der Waals surface area (Å²) in [6.07, 6.45) is 0. The number of anilines is 3. The van der Waals surface area contributed by atoms with E-state index in [2.05, 4.69) is 60.2 Å². The molecule has 0 fully saturated rings. The van der Waals surface area contributed by atoms with Crippen LogP contribution in [0.3, 0.4) is 0 Å². The Balaban J connectivity index is 0.000000209. The van der Waals surface area contributed by atoms with Crippen molar-refractivity contribution >= 4 is 127 Å². The molecule has 75 heavy (non-hydrogen) atoms. The van der Waals surface area contributed by atoms with E-state index in [-0.39, 0.29) is 34.4 Å². The summed E-state index contributed by atoms with van der Waals surface area (Å²) in [5.74, 6) is 0.879. The minimum absolute atomic E-state index is 0.0496. The SMILES string of the molecule is CC(C)(C)C(=O)C(=NCc1ccc(Cl)cc1)Nc1ccc(Cl)cc1.CC(C)(C)C(=O)C(=NCc1ccc(Cl)cc1)Nc1ccc(Cl)cc1.Cc1nn(C)c2nc(CNC(=O)Nc3cc(Cl)nc(Cl)c3)cc(C(C)C)c12. The number of halogens is 6. The number of carbonyl (C=O) groups excluding carboxylic acids is 3. The number of hydrogen-bond acceptors (Lipinski definition) is 8. The smallest absolute Gasteiger partial charge is 0.319 e. The number of rotatable bonds is 12. The van der Waals surface area contributed by atoms with E-state index in [1.54, 1.807) is 28.9 Å². The number of aromatic nitrogens is 4. The van der Waals surface area contributed by atoms with Gasteiger partial charge in [0.2, 0.25) is 11.6 Å². The number of amides is 2. The van der Waals surface area contributed by atoms with Gasteiger partial charge >= 0.3 is 6.03 Å². The summed E-state index contributed by atoms with van der Waals surface area (Å²) in [5, 5.41) is 20.3. The first-order valence-corrected chi connectivity index (χ1v) is 26.0. The van der Waals surface area contributed by atoms with Crippen LogP contribution in [0, 0.1) is 17.8 Å². The molecule has 0 aliphatic rings. The van der Waals surface area contributed by atoms with Crippen molar-refractivity contribution in [2.24, 2.45) is 27.9 Å². The molecule has 0 spiro atoms. The molecule has 13 nitrogen and oxygen atoms in total. The third kappa shape index (κ3) is 18.9. The van der Waals surface area contributed by atoms with E-state index in [1.807, 2.05) is 134 Å². The predicted octanol–water partition coefficient (Wildman–Crippen LogP) is 15.7. The second-order valence-corrected chi connectivity index (χ2v) is 22.1. The van der Waals surface area contributed by atoms with Crippen LogP contribution in [0.15, 0.2) is 125 Å². The first-order chi connectivity index (χ1) is 35.2. The molecule has 0 bridgehead atoms. The number of fused-ring (bicyclic) bond motifs is 1. The minimum Gasteiger partial charge on any atom is -0.338 e. The second-order valence-electron chi connectivity index (χ2n) is 19.6. The zero-order chi connectivity index (χ0) is 55.2. The molecule has 4 aromatic carbocycles. The maximum Gasteiger partial charge on any atom is 0.319 e. The number of nitrogens with one attached hydrogen (secondary N) is 4. The number of urea groups is 1. The Labute approximate surface area is 468 Å². The fourth-order valence-corrected chi connectivity index (χ4v) is 7.83. The molecule has 0 radical (unpaired) electrons. The van der Waals surface area contributed by atoms with E-state index in [4.69, 9.17) is 69.6 Å². The summed E-state index contributed by atoms with van der Waals surface area (Å²) in [6.45, 7) is 18.5. The summed E-state index contributed by atoms with van der Waals surface area (Å²) >= 11 is 35.3. The molecule has 0 saturated carbocycles. The number of pyridine rings is 2. The molecule has 7 aromatic rings. The van der Waals surface area contributed by atoms with Crippen molar-refractivity contribution in [3.8, 4) is 0 Å². The predicted molar refractivity (Wildman–Crippen MR) is 312 cm³/mol. The van der Waals surface area contributed by atoms with Gasteiger partial charge in [-0.25, -0.2) is 14.8 Å². The zero-order valence-corrected chi connectivity index (χ0v) is 47.9. The molecule has 0 aliphatic carbocycles. The molecule has 19 heteroatoms. The number of carbonyl (C=O) groups is 3. The third-order valence-corrected chi connectivity index (χ3v) is 12.2. The molecule has 2 amide bonds. The number of amidine groups is 2. The van der Waals surface area contributed by atoms with Crippen LogP contribution in [-0.2, 0) is 36.3 Å². The van der Waals surface area contributed by atoms with Gasteiger partial charge in [0.15, 0.2) is 17.3 Å². The molecule has 0 aliphatic heterocycles. The van der Waals surface area contributed by atoms with Crippen molar-refractivity contribution in [2.45, 2.75) is 87.9 Å². The highest BCUT2D eigenvalue weighted by Crippen LogP contribution is 2.28. The lowest BCUT2D eigenvalue weighted by Gasteiger charge is -2.19. The van der Waals surface area contributed by atoms with Gasteiger partial charge in [-0.1, -0.05) is 149 Å². The zero-order valence-electron chi connectivity index (χ0n) is 43.3. The van der Waals surface area contributed by atoms with E-state index in [1.165, 1.54) is 12.1 Å². The Hall–Kier alpha value is -6.06. The van der Waals surface area contributed by atoms with Crippen molar-refractivity contribution in [1.82, 2.24) is 25.1 Å². The van der Waals surface area contributed by atoms with Crippen molar-refractivity contribution in [3.63, 3.8) is 0 Å². The van der Waals surface area contributed by atoms with Gasteiger partial charge in [-0.3, -0.25) is 24.3 Å². The molecule has 7 rings (SSSR count). The molecule has 4 N–H and O–H groups in total. The van der Waals surface area contributed by atoms with E-state index >= 15 is 0 Å². The molecule has 3 aromatic heterocycles. The molecular weight excluding hydrogens is 1070 g/mol. The maximum absolute atomic E-state index is 12.7. The number of hydrogen-bond donors (Lipinski definition) is 4. The Kier molecular flexibility index (Phi) is 21.6. The van der Waals surface area contributed by atoms with Crippen molar-refractivity contribution in [3.05, 3.63) is 174 Å². The van der Waals surface area contributed by atoms with E-state index in [0.717, 1.165) is 50.5 Å². The average Bonchev–Trinajstić information content (AvgIpc) is 3.63. The summed E-state index contributed by atoms with van der Waals surface area (Å²) in [6, 6.07) is 33.8. The van der Waals surface area contributed by atoms with Gasteiger partial charge in [-0.15, -0.1) is 0 Å². The van der Waals surface area contributed by atoms with Crippen molar-refractivity contribution in [2.75, 3.05) is 16.0 Å². The number of Topliss-reactive ketones (excluding diaryl/α,β-unsaturated/α-hetero) is 2. The monoisotopic (exact) mass is 1130 g/mol. The largest absolute Gasteiger partial charge is 0.338 e. The molecular formula is C56H60Cl6N10O3. The first kappa shape index (κ1) is 59.8. The van der Waals surface area contributed by atoms with Gasteiger partial charge in [0.25, 0.3) is 0 Å². The quantitative estimate of drug-likeness (QED) is 0.0533. The van der Waals surface area contributed by atoms with Gasteiger partial charge < -0.3 is 21.3 Å². The summed E-state index contributed by atoms with van der Waals surface area (Å²) in [5.41, 5.74) is 6.59. The Bertz CT molecular complexity index is 3000. The fraction of sp³-hybridized carbons (Fsp3) is 0.286. The van der Waals surface area contributed by atoms with Gasteiger partial charge in [0.1, 0.15) is 10.3 Å². The standard InChI is InChI=1S/2C19H20Cl2N2O.C18H20Cl2N6O/c2*1-19(2,3)17(24)18(23-16-10-8-15(21)9-11-16)22-12-13-4-6-14(20)7-5-13;1-9(2)13-5-12(22-17-16(13)10(3)25-26(17)4)8-21-18(27)23-11-6-14(19)24-15(20)7-11/h2*4-11H,12H2,1-3H3,(H,22,23);5-7,9H,8H2,1-4H3,(H2,21,23,24,27). The van der Waals surface area contributed by atoms with Gasteiger partial charge in [-0.2, -0.15) is 5.10 Å². The van der Waals surface area contributed by atoms with Gasteiger partial charge in [0, 0.05) is 60.4 Å². The van der Waals surface area contributed by atoms with Crippen LogP contribution in [0.4, 0.5) is 21.9 Å². The molecule has 3 heterocycles. The lowest BCUT2D eigenvalue weighted by atomic mass is 9.90. The van der Waals surface area contributed by atoms with Crippen LogP contribution in [0.25, 0.3) is 11.0 Å². The third-order valence-electron chi connectivity index (χ3n) is 10.8. The van der Waals surface area contributed by atoms with Crippen LogP contribution in [0.1, 0.15) is 89.4 Å². The van der Waals surface area contributed by atoms with Crippen LogP contribution >= 0.6 is 69.6 Å². The lowest BCUT2D eigenvalue weighted by molar-refractivity contribution is -0.120. The number of nitrogens with zero attached hydrogens (tertiary/aromatic N) is 6. The van der Waals surface area contributed by atoms with E-state index < -0.39 is 10.8 Å². The fourth-order valence-electron chi connectivity index (χ4n) is 6.87.